The molecule has 0 saturated carbocycles. The van der Waals surface area contributed by atoms with Crippen molar-refractivity contribution in [2.75, 3.05) is 5.43 Å². The van der Waals surface area contributed by atoms with Gasteiger partial charge in [0.25, 0.3) is 0 Å². The number of hydrogen-bond donors (Lipinski definition) is 3. The lowest BCUT2D eigenvalue weighted by atomic mass is 10.2. The van der Waals surface area contributed by atoms with E-state index < -0.39 is 6.03 Å². The number of nitrogens with zero attached hydrogens (tertiary/aromatic N) is 3. The number of aromatic nitrogens is 3. The van der Waals surface area contributed by atoms with Crippen molar-refractivity contribution in [3.8, 4) is 0 Å². The molecular formula is C13H12N6OS2. The van der Waals surface area contributed by atoms with Gasteiger partial charge in [0.15, 0.2) is 15.1 Å². The normalized spacial score (nSPS) is 10.7. The van der Waals surface area contributed by atoms with E-state index in [4.69, 9.17) is 23.4 Å². The van der Waals surface area contributed by atoms with Crippen molar-refractivity contribution in [2.45, 2.75) is 6.54 Å². The van der Waals surface area contributed by atoms with E-state index in [1.54, 1.807) is 0 Å². The number of rotatable bonds is 3. The van der Waals surface area contributed by atoms with Crippen molar-refractivity contribution in [1.29, 1.82) is 5.41 Å². The zero-order valence-electron chi connectivity index (χ0n) is 11.3. The molecule has 0 fully saturated rings. The highest BCUT2D eigenvalue weighted by Gasteiger charge is 2.11. The van der Waals surface area contributed by atoms with Crippen LogP contribution in [0.1, 0.15) is 5.56 Å². The van der Waals surface area contributed by atoms with E-state index in [2.05, 4.69) is 10.4 Å². The minimum Gasteiger partial charge on any atom is -0.350 e. The summed E-state index contributed by atoms with van der Waals surface area (Å²) in [5, 5.41) is 8.13. The highest BCUT2D eigenvalue weighted by Crippen LogP contribution is 2.19. The van der Waals surface area contributed by atoms with Crippen LogP contribution < -0.4 is 16.6 Å². The first-order valence-corrected chi connectivity index (χ1v) is 7.54. The summed E-state index contributed by atoms with van der Waals surface area (Å²) in [5.41, 5.74) is 9.19. The molecule has 9 heteroatoms. The summed E-state index contributed by atoms with van der Waals surface area (Å²) in [7, 11) is 0. The number of carbonyl (C=O) groups is 1. The molecule has 0 aliphatic heterocycles. The van der Waals surface area contributed by atoms with Gasteiger partial charge >= 0.3 is 6.03 Å². The number of fused-ring (bicyclic) bond motifs is 1. The summed E-state index contributed by atoms with van der Waals surface area (Å²) in [4.78, 5) is 15.2. The summed E-state index contributed by atoms with van der Waals surface area (Å²) in [6.45, 7) is 0.583. The minimum atomic E-state index is -0.757. The van der Waals surface area contributed by atoms with E-state index in [1.807, 2.05) is 34.9 Å². The number of nitrogens with two attached hydrogens (primary N) is 1. The Labute approximate surface area is 134 Å². The third-order valence-electron chi connectivity index (χ3n) is 3.03. The number of urea groups is 1. The average molecular weight is 332 g/mol. The lowest BCUT2D eigenvalue weighted by molar-refractivity contribution is 0.256. The number of benzene rings is 1. The zero-order chi connectivity index (χ0) is 15.7. The SMILES string of the molecule is N=c1c2sc(=S)n(Cc3ccccc3)c2ncn1NC(N)=O. The first kappa shape index (κ1) is 14.4. The number of carbonyl (C=O) groups excluding carboxylic acids is 1. The van der Waals surface area contributed by atoms with Crippen LogP contribution in [-0.4, -0.2) is 20.3 Å². The third kappa shape index (κ3) is 2.63. The molecule has 3 rings (SSSR count). The van der Waals surface area contributed by atoms with Crippen molar-refractivity contribution in [3.05, 3.63) is 51.7 Å². The fourth-order valence-electron chi connectivity index (χ4n) is 2.07. The third-order valence-corrected chi connectivity index (χ3v) is 4.48. The summed E-state index contributed by atoms with van der Waals surface area (Å²) >= 11 is 6.66. The molecule has 0 radical (unpaired) electrons. The number of primary amides is 1. The monoisotopic (exact) mass is 332 g/mol. The van der Waals surface area contributed by atoms with E-state index in [-0.39, 0.29) is 5.49 Å². The molecule has 2 aromatic heterocycles. The van der Waals surface area contributed by atoms with Crippen LogP contribution in [0.25, 0.3) is 10.3 Å². The lowest BCUT2D eigenvalue weighted by Gasteiger charge is -2.07. The minimum absolute atomic E-state index is 0.0895. The van der Waals surface area contributed by atoms with Gasteiger partial charge in [0.2, 0.25) is 0 Å². The average Bonchev–Trinajstić information content (AvgIpc) is 2.80. The topological polar surface area (TPSA) is 102 Å². The Hall–Kier alpha value is -2.52. The van der Waals surface area contributed by atoms with E-state index in [0.717, 1.165) is 5.56 Å². The largest absolute Gasteiger partial charge is 0.350 e. The quantitative estimate of drug-likeness (QED) is 0.637. The molecule has 112 valence electrons. The van der Waals surface area contributed by atoms with Gasteiger partial charge in [0.05, 0.1) is 6.54 Å². The van der Waals surface area contributed by atoms with E-state index in [0.29, 0.717) is 20.8 Å². The van der Waals surface area contributed by atoms with Gasteiger partial charge in [0, 0.05) is 0 Å². The Morgan fingerprint density at radius 2 is 2.14 bits per heavy atom. The molecular weight excluding hydrogens is 320 g/mol. The summed E-state index contributed by atoms with van der Waals surface area (Å²) in [6, 6.07) is 9.12. The van der Waals surface area contributed by atoms with E-state index in [9.17, 15) is 4.79 Å². The van der Waals surface area contributed by atoms with Crippen molar-refractivity contribution in [3.63, 3.8) is 0 Å². The lowest BCUT2D eigenvalue weighted by Crippen LogP contribution is -2.36. The molecule has 22 heavy (non-hydrogen) atoms. The van der Waals surface area contributed by atoms with Crippen LogP contribution in [0.15, 0.2) is 36.7 Å². The first-order chi connectivity index (χ1) is 10.6. The second-order valence-corrected chi connectivity index (χ2v) is 6.18. The molecule has 0 atom stereocenters. The van der Waals surface area contributed by atoms with Gasteiger partial charge in [0.1, 0.15) is 11.0 Å². The molecule has 0 spiro atoms. The molecule has 1 aromatic carbocycles. The predicted octanol–water partition coefficient (Wildman–Crippen LogP) is 1.78. The predicted molar refractivity (Wildman–Crippen MR) is 86.8 cm³/mol. The van der Waals surface area contributed by atoms with Crippen LogP contribution in [0.3, 0.4) is 0 Å². The number of thiazole rings is 1. The van der Waals surface area contributed by atoms with Crippen LogP contribution in [0.4, 0.5) is 4.79 Å². The first-order valence-electron chi connectivity index (χ1n) is 6.32. The summed E-state index contributed by atoms with van der Waals surface area (Å²) in [5.74, 6) is 0. The standard InChI is InChI=1S/C13H12N6OS2/c14-10-9-11(16-7-19(10)17-12(15)20)18(13(21)22-9)6-8-4-2-1-3-5-8/h1-5,7,14H,6H2,(H3,15,17,20). The molecule has 0 aliphatic carbocycles. The van der Waals surface area contributed by atoms with Gasteiger partial charge in [-0.3, -0.25) is 5.41 Å². The van der Waals surface area contributed by atoms with Crippen LogP contribution in [0.2, 0.25) is 0 Å². The maximum atomic E-state index is 10.9. The molecule has 0 unspecified atom stereocenters. The maximum Gasteiger partial charge on any atom is 0.331 e. The number of amides is 2. The Morgan fingerprint density at radius 1 is 1.41 bits per heavy atom. The molecule has 0 aliphatic rings. The highest BCUT2D eigenvalue weighted by atomic mass is 32.1. The summed E-state index contributed by atoms with van der Waals surface area (Å²) in [6.07, 6.45) is 1.35. The van der Waals surface area contributed by atoms with E-state index in [1.165, 1.54) is 22.3 Å². The van der Waals surface area contributed by atoms with Gasteiger partial charge in [-0.05, 0) is 17.8 Å². The van der Waals surface area contributed by atoms with E-state index >= 15 is 0 Å². The Bertz CT molecular complexity index is 956. The molecule has 7 nitrogen and oxygen atoms in total. The summed E-state index contributed by atoms with van der Waals surface area (Å²) < 4.78 is 4.26. The van der Waals surface area contributed by atoms with Crippen LogP contribution in [0, 0.1) is 9.36 Å². The smallest absolute Gasteiger partial charge is 0.331 e. The van der Waals surface area contributed by atoms with Gasteiger partial charge in [-0.15, -0.1) is 0 Å². The molecule has 2 amide bonds. The molecule has 2 heterocycles. The van der Waals surface area contributed by atoms with Crippen molar-refractivity contribution in [2.24, 2.45) is 5.73 Å². The van der Waals surface area contributed by atoms with Gasteiger partial charge in [-0.1, -0.05) is 41.7 Å². The fraction of sp³-hybridized carbons (Fsp3) is 0.0769. The van der Waals surface area contributed by atoms with Crippen LogP contribution in [-0.2, 0) is 6.54 Å². The highest BCUT2D eigenvalue weighted by molar-refractivity contribution is 7.73. The Kier molecular flexibility index (Phi) is 3.73. The zero-order valence-corrected chi connectivity index (χ0v) is 12.9. The Balaban J connectivity index is 2.11. The molecule has 3 aromatic rings. The molecule has 0 saturated heterocycles. The number of hydrogen-bond acceptors (Lipinski definition) is 5. The maximum absolute atomic E-state index is 10.9. The molecule has 0 bridgehead atoms. The van der Waals surface area contributed by atoms with Crippen LogP contribution >= 0.6 is 23.6 Å². The fourth-order valence-corrected chi connectivity index (χ4v) is 3.35. The van der Waals surface area contributed by atoms with Gasteiger partial charge in [-0.25, -0.2) is 19.9 Å². The van der Waals surface area contributed by atoms with Gasteiger partial charge in [-0.2, -0.15) is 0 Å². The Morgan fingerprint density at radius 3 is 2.82 bits per heavy atom. The van der Waals surface area contributed by atoms with Crippen molar-refractivity contribution < 1.29 is 4.79 Å². The number of nitrogens with one attached hydrogen (secondary N) is 2. The van der Waals surface area contributed by atoms with Crippen LogP contribution in [0.5, 0.6) is 0 Å². The van der Waals surface area contributed by atoms with Crippen molar-refractivity contribution in [1.82, 2.24) is 14.2 Å². The van der Waals surface area contributed by atoms with Gasteiger partial charge < -0.3 is 10.3 Å². The second-order valence-electron chi connectivity index (χ2n) is 4.53. The molecule has 4 N–H and O–H groups in total. The van der Waals surface area contributed by atoms with Crippen molar-refractivity contribution >= 4 is 39.9 Å². The second kappa shape index (κ2) is 5.70.